The Morgan fingerprint density at radius 3 is 0.792 bits per heavy atom. The number of hydrogen-bond acceptors (Lipinski definition) is 6. The molecule has 438 valence electrons. The first kappa shape index (κ1) is 72.8. The summed E-state index contributed by atoms with van der Waals surface area (Å²) < 4.78 is 16.9. The van der Waals surface area contributed by atoms with E-state index in [1.807, 2.05) is 0 Å². The summed E-state index contributed by atoms with van der Waals surface area (Å²) in [5.41, 5.74) is 0. The van der Waals surface area contributed by atoms with E-state index in [-0.39, 0.29) is 31.1 Å². The van der Waals surface area contributed by atoms with Crippen LogP contribution in [0.3, 0.4) is 0 Å². The molecular weight excluding hydrogens is 949 g/mol. The predicted molar refractivity (Wildman–Crippen MR) is 334 cm³/mol. The maximum absolute atomic E-state index is 12.9. The minimum Gasteiger partial charge on any atom is -0.462 e. The van der Waals surface area contributed by atoms with Crippen LogP contribution in [-0.4, -0.2) is 37.2 Å². The van der Waals surface area contributed by atoms with E-state index in [4.69, 9.17) is 14.2 Å². The molecule has 0 aromatic carbocycles. The van der Waals surface area contributed by atoms with Crippen LogP contribution in [-0.2, 0) is 28.6 Å². The molecule has 0 N–H and O–H groups in total. The molecule has 0 saturated heterocycles. The number of carbonyl (C=O) groups excluding carboxylic acids is 3. The van der Waals surface area contributed by atoms with E-state index in [0.717, 1.165) is 148 Å². The lowest BCUT2D eigenvalue weighted by Gasteiger charge is -2.18. The third-order valence-corrected chi connectivity index (χ3v) is 13.5. The first-order chi connectivity index (χ1) is 38.0. The minimum atomic E-state index is -0.795. The zero-order valence-electron chi connectivity index (χ0n) is 50.2. The molecule has 6 nitrogen and oxygen atoms in total. The van der Waals surface area contributed by atoms with Crippen molar-refractivity contribution in [3.8, 4) is 0 Å². The van der Waals surface area contributed by atoms with Crippen molar-refractivity contribution in [2.24, 2.45) is 0 Å². The highest BCUT2D eigenvalue weighted by Gasteiger charge is 2.19. The fraction of sp³-hybridized carbons (Fsp3) is 0.676. The summed E-state index contributed by atoms with van der Waals surface area (Å²) in [6.07, 6.45) is 89.1. The Balaban J connectivity index is 4.40. The molecule has 0 radical (unpaired) electrons. The molecule has 0 bridgehead atoms. The van der Waals surface area contributed by atoms with Crippen LogP contribution >= 0.6 is 0 Å². The Morgan fingerprint density at radius 2 is 0.506 bits per heavy atom. The molecule has 0 spiro atoms. The zero-order chi connectivity index (χ0) is 55.7. The lowest BCUT2D eigenvalue weighted by Crippen LogP contribution is -2.30. The summed E-state index contributed by atoms with van der Waals surface area (Å²) in [6.45, 7) is 6.41. The van der Waals surface area contributed by atoms with Gasteiger partial charge in [0.25, 0.3) is 0 Å². The normalized spacial score (nSPS) is 12.9. The van der Waals surface area contributed by atoms with E-state index in [9.17, 15) is 14.4 Å². The van der Waals surface area contributed by atoms with Gasteiger partial charge in [-0.1, -0.05) is 284 Å². The Morgan fingerprint density at radius 1 is 0.273 bits per heavy atom. The van der Waals surface area contributed by atoms with Gasteiger partial charge in [-0.05, 0) is 109 Å². The van der Waals surface area contributed by atoms with Crippen molar-refractivity contribution in [3.63, 3.8) is 0 Å². The second-order valence-corrected chi connectivity index (χ2v) is 20.9. The second kappa shape index (κ2) is 64.3. The highest BCUT2D eigenvalue weighted by atomic mass is 16.6. The first-order valence-corrected chi connectivity index (χ1v) is 32.0. The van der Waals surface area contributed by atoms with E-state index >= 15 is 0 Å². The Bertz CT molecular complexity index is 1600. The number of esters is 3. The molecule has 0 rings (SSSR count). The summed E-state index contributed by atoms with van der Waals surface area (Å²) in [6, 6.07) is 0. The standard InChI is InChI=1S/C71H118O6/c1-4-7-10-13-16-19-22-25-28-30-31-32-33-34-35-36-37-38-39-41-43-46-49-52-55-58-61-64-70(73)76-67-68(66-75-69(72)63-60-57-54-51-48-45-42-27-24-21-18-15-12-9-6-3)77-71(74)65-62-59-56-53-50-47-44-40-29-26-23-20-17-14-11-8-5-2/h7-8,10-11,16-17,19-20,25-26,28-29,31-32,34-35,37-38,41,43,68H,4-6,9,12-15,18,21-24,27,30,33,36,39-40,42,44-67H2,1-3H3/b10-7-,11-8-,19-16-,20-17-,28-25-,29-26-,32-31-,35-34-,38-37-,43-41-. The van der Waals surface area contributed by atoms with Gasteiger partial charge in [-0.15, -0.1) is 0 Å². The highest BCUT2D eigenvalue weighted by molar-refractivity contribution is 5.71. The van der Waals surface area contributed by atoms with Crippen molar-refractivity contribution < 1.29 is 28.6 Å². The van der Waals surface area contributed by atoms with Gasteiger partial charge in [0, 0.05) is 19.3 Å². The largest absolute Gasteiger partial charge is 0.462 e. The molecule has 0 amide bonds. The number of ether oxygens (including phenoxy) is 3. The third-order valence-electron chi connectivity index (χ3n) is 13.5. The fourth-order valence-electron chi connectivity index (χ4n) is 8.73. The lowest BCUT2D eigenvalue weighted by atomic mass is 10.0. The van der Waals surface area contributed by atoms with Crippen molar-refractivity contribution in [3.05, 3.63) is 122 Å². The molecule has 0 aromatic rings. The van der Waals surface area contributed by atoms with E-state index in [2.05, 4.69) is 142 Å². The molecule has 0 aromatic heterocycles. The van der Waals surface area contributed by atoms with Crippen molar-refractivity contribution in [2.45, 2.75) is 297 Å². The smallest absolute Gasteiger partial charge is 0.306 e. The SMILES string of the molecule is CC/C=C\C/C=C\C/C=C\C/C=C\C/C=C\C/C=C\C/C=C\CCCCCCCC(=O)OCC(COC(=O)CCCCCCCCCCCCCCCCC)OC(=O)CCCCCCCCC/C=C\C/C=C\C/C=C\CC. The average molecular weight is 1070 g/mol. The molecule has 0 aliphatic rings. The van der Waals surface area contributed by atoms with Crippen LogP contribution in [0.4, 0.5) is 0 Å². The summed E-state index contributed by atoms with van der Waals surface area (Å²) in [5.74, 6) is -0.912. The van der Waals surface area contributed by atoms with Crippen LogP contribution in [0, 0.1) is 0 Å². The first-order valence-electron chi connectivity index (χ1n) is 32.0. The molecule has 77 heavy (non-hydrogen) atoms. The number of rotatable bonds is 57. The van der Waals surface area contributed by atoms with Gasteiger partial charge >= 0.3 is 17.9 Å². The molecule has 0 heterocycles. The third kappa shape index (κ3) is 62.5. The Hall–Kier alpha value is -4.19. The molecule has 6 heteroatoms. The minimum absolute atomic E-state index is 0.0883. The monoisotopic (exact) mass is 1070 g/mol. The molecular formula is C71H118O6. The van der Waals surface area contributed by atoms with E-state index in [1.165, 1.54) is 103 Å². The van der Waals surface area contributed by atoms with Crippen LogP contribution < -0.4 is 0 Å². The van der Waals surface area contributed by atoms with Gasteiger partial charge in [0.1, 0.15) is 13.2 Å². The van der Waals surface area contributed by atoms with Crippen molar-refractivity contribution in [2.75, 3.05) is 13.2 Å². The van der Waals surface area contributed by atoms with Crippen LogP contribution in [0.1, 0.15) is 290 Å². The van der Waals surface area contributed by atoms with Crippen LogP contribution in [0.15, 0.2) is 122 Å². The van der Waals surface area contributed by atoms with Crippen molar-refractivity contribution in [1.29, 1.82) is 0 Å². The molecule has 0 aliphatic heterocycles. The second-order valence-electron chi connectivity index (χ2n) is 20.9. The summed E-state index contributed by atoms with van der Waals surface area (Å²) in [5, 5.41) is 0. The van der Waals surface area contributed by atoms with Crippen LogP contribution in [0.2, 0.25) is 0 Å². The summed E-state index contributed by atoms with van der Waals surface area (Å²) in [4.78, 5) is 38.3. The predicted octanol–water partition coefficient (Wildman–Crippen LogP) is 22.0. The lowest BCUT2D eigenvalue weighted by molar-refractivity contribution is -0.167. The van der Waals surface area contributed by atoms with Gasteiger partial charge in [-0.3, -0.25) is 14.4 Å². The van der Waals surface area contributed by atoms with Gasteiger partial charge in [0.2, 0.25) is 0 Å². The molecule has 0 saturated carbocycles. The summed E-state index contributed by atoms with van der Waals surface area (Å²) in [7, 11) is 0. The molecule has 0 aliphatic carbocycles. The number of carbonyl (C=O) groups is 3. The van der Waals surface area contributed by atoms with Crippen LogP contribution in [0.25, 0.3) is 0 Å². The number of allylic oxidation sites excluding steroid dienone is 20. The van der Waals surface area contributed by atoms with Gasteiger partial charge in [0.05, 0.1) is 0 Å². The van der Waals surface area contributed by atoms with Gasteiger partial charge < -0.3 is 14.2 Å². The number of unbranched alkanes of at least 4 members (excludes halogenated alkanes) is 26. The van der Waals surface area contributed by atoms with E-state index in [1.54, 1.807) is 0 Å². The van der Waals surface area contributed by atoms with Gasteiger partial charge in [-0.25, -0.2) is 0 Å². The van der Waals surface area contributed by atoms with Crippen molar-refractivity contribution in [1.82, 2.24) is 0 Å². The van der Waals surface area contributed by atoms with Crippen LogP contribution in [0.5, 0.6) is 0 Å². The quantitative estimate of drug-likeness (QED) is 0.0261. The molecule has 1 atom stereocenters. The highest BCUT2D eigenvalue weighted by Crippen LogP contribution is 2.16. The number of hydrogen-bond donors (Lipinski definition) is 0. The maximum atomic E-state index is 12.9. The average Bonchev–Trinajstić information content (AvgIpc) is 3.43. The zero-order valence-corrected chi connectivity index (χ0v) is 50.2. The van der Waals surface area contributed by atoms with E-state index in [0.29, 0.717) is 19.3 Å². The van der Waals surface area contributed by atoms with Gasteiger partial charge in [-0.2, -0.15) is 0 Å². The topological polar surface area (TPSA) is 78.9 Å². The fourth-order valence-corrected chi connectivity index (χ4v) is 8.73. The molecule has 0 fully saturated rings. The van der Waals surface area contributed by atoms with Gasteiger partial charge in [0.15, 0.2) is 6.10 Å². The van der Waals surface area contributed by atoms with E-state index < -0.39 is 6.10 Å². The Labute approximate surface area is 475 Å². The van der Waals surface area contributed by atoms with Crippen molar-refractivity contribution >= 4 is 17.9 Å². The molecule has 1 unspecified atom stereocenters. The maximum Gasteiger partial charge on any atom is 0.306 e. The summed E-state index contributed by atoms with van der Waals surface area (Å²) >= 11 is 0. The Kier molecular flexibility index (Phi) is 60.8.